The molecule has 4 nitrogen and oxygen atoms in total. The van der Waals surface area contributed by atoms with E-state index >= 15 is 0 Å². The average Bonchev–Trinajstić information content (AvgIpc) is 2.17. The molecule has 100 valence electrons. The zero-order valence-electron chi connectivity index (χ0n) is 11.4. The Hall–Kier alpha value is -1.55. The zero-order valence-corrected chi connectivity index (χ0v) is 11.4. The minimum atomic E-state index is -0.692. The molecule has 0 aliphatic rings. The van der Waals surface area contributed by atoms with Crippen molar-refractivity contribution >= 4 is 6.16 Å². The van der Waals surface area contributed by atoms with Gasteiger partial charge in [0.05, 0.1) is 0 Å². The van der Waals surface area contributed by atoms with E-state index in [1.54, 1.807) is 32.9 Å². The van der Waals surface area contributed by atoms with Crippen LogP contribution in [0.5, 0.6) is 5.75 Å². The van der Waals surface area contributed by atoms with Crippen LogP contribution in [0.25, 0.3) is 0 Å². The summed E-state index contributed by atoms with van der Waals surface area (Å²) in [5, 5.41) is 0. The lowest BCUT2D eigenvalue weighted by atomic mass is 10.1. The fourth-order valence-corrected chi connectivity index (χ4v) is 1.43. The Kier molecular flexibility index (Phi) is 4.73. The number of benzene rings is 1. The predicted molar refractivity (Wildman–Crippen MR) is 70.7 cm³/mol. The van der Waals surface area contributed by atoms with Gasteiger partial charge in [-0.3, -0.25) is 0 Å². The molecule has 1 rings (SSSR count). The number of rotatable bonds is 3. The molecule has 0 heterocycles. The molecule has 0 saturated heterocycles. The topological polar surface area (TPSA) is 61.5 Å². The van der Waals surface area contributed by atoms with Crippen molar-refractivity contribution in [1.29, 1.82) is 0 Å². The summed E-state index contributed by atoms with van der Waals surface area (Å²) in [6, 6.07) is 7.37. The number of ether oxygens (including phenoxy) is 2. The molecule has 2 N–H and O–H groups in total. The van der Waals surface area contributed by atoms with E-state index in [4.69, 9.17) is 15.2 Å². The van der Waals surface area contributed by atoms with Crippen molar-refractivity contribution in [3.8, 4) is 5.75 Å². The van der Waals surface area contributed by atoms with Gasteiger partial charge in [0.1, 0.15) is 11.4 Å². The lowest BCUT2D eigenvalue weighted by molar-refractivity contribution is 0.0206. The van der Waals surface area contributed by atoms with Gasteiger partial charge in [-0.2, -0.15) is 0 Å². The largest absolute Gasteiger partial charge is 0.514 e. The Morgan fingerprint density at radius 3 is 2.28 bits per heavy atom. The van der Waals surface area contributed by atoms with Gasteiger partial charge < -0.3 is 15.2 Å². The standard InChI is InChI=1S/C14H21NO3/c1-10(15)9-11-5-7-12(8-6-11)17-13(16)18-14(2,3)4/h5-8,10H,9,15H2,1-4H3. The van der Waals surface area contributed by atoms with Crippen LogP contribution in [0.1, 0.15) is 33.3 Å². The Labute approximate surface area is 108 Å². The number of carbonyl (C=O) groups excluding carboxylic acids is 1. The van der Waals surface area contributed by atoms with Crippen LogP contribution in [0.2, 0.25) is 0 Å². The van der Waals surface area contributed by atoms with Crippen molar-refractivity contribution in [3.05, 3.63) is 29.8 Å². The van der Waals surface area contributed by atoms with E-state index in [2.05, 4.69) is 0 Å². The van der Waals surface area contributed by atoms with Gasteiger partial charge in [-0.25, -0.2) is 4.79 Å². The van der Waals surface area contributed by atoms with Crippen molar-refractivity contribution < 1.29 is 14.3 Å². The van der Waals surface area contributed by atoms with Gasteiger partial charge in [0.25, 0.3) is 0 Å². The van der Waals surface area contributed by atoms with E-state index in [9.17, 15) is 4.79 Å². The zero-order chi connectivity index (χ0) is 13.8. The maximum atomic E-state index is 11.4. The summed E-state index contributed by atoms with van der Waals surface area (Å²) in [4.78, 5) is 11.4. The SMILES string of the molecule is CC(N)Cc1ccc(OC(=O)OC(C)(C)C)cc1. The summed E-state index contributed by atoms with van der Waals surface area (Å²) in [7, 11) is 0. The molecule has 0 aromatic heterocycles. The van der Waals surface area contributed by atoms with E-state index in [1.165, 1.54) is 0 Å². The second kappa shape index (κ2) is 5.87. The Bertz CT molecular complexity index is 390. The van der Waals surface area contributed by atoms with E-state index in [0.717, 1.165) is 12.0 Å². The fraction of sp³-hybridized carbons (Fsp3) is 0.500. The number of hydrogen-bond donors (Lipinski definition) is 1. The van der Waals surface area contributed by atoms with Crippen molar-refractivity contribution in [1.82, 2.24) is 0 Å². The summed E-state index contributed by atoms with van der Waals surface area (Å²) in [5.74, 6) is 0.470. The second-order valence-electron chi connectivity index (χ2n) is 5.39. The van der Waals surface area contributed by atoms with Gasteiger partial charge in [0.15, 0.2) is 0 Å². The molecule has 0 amide bonds. The first-order valence-electron chi connectivity index (χ1n) is 6.01. The Morgan fingerprint density at radius 2 is 1.83 bits per heavy atom. The normalized spacial score (nSPS) is 12.9. The highest BCUT2D eigenvalue weighted by Gasteiger charge is 2.17. The van der Waals surface area contributed by atoms with Crippen molar-refractivity contribution in [2.75, 3.05) is 0 Å². The first-order chi connectivity index (χ1) is 8.26. The van der Waals surface area contributed by atoms with Crippen molar-refractivity contribution in [2.45, 2.75) is 45.8 Å². The van der Waals surface area contributed by atoms with E-state index in [-0.39, 0.29) is 6.04 Å². The summed E-state index contributed by atoms with van der Waals surface area (Å²) in [5.41, 5.74) is 6.27. The van der Waals surface area contributed by atoms with Gasteiger partial charge >= 0.3 is 6.16 Å². The molecule has 0 spiro atoms. The van der Waals surface area contributed by atoms with Gasteiger partial charge in [0.2, 0.25) is 0 Å². The minimum Gasteiger partial charge on any atom is -0.428 e. The molecule has 0 saturated carbocycles. The van der Waals surface area contributed by atoms with Crippen LogP contribution in [0.3, 0.4) is 0 Å². The maximum Gasteiger partial charge on any atom is 0.514 e. The van der Waals surface area contributed by atoms with Crippen LogP contribution < -0.4 is 10.5 Å². The molecule has 1 aromatic rings. The van der Waals surface area contributed by atoms with Crippen LogP contribution in [0.15, 0.2) is 24.3 Å². The lowest BCUT2D eigenvalue weighted by Gasteiger charge is -2.18. The van der Waals surface area contributed by atoms with Crippen LogP contribution in [-0.2, 0) is 11.2 Å². The molecule has 0 aliphatic heterocycles. The molecule has 4 heteroatoms. The molecule has 0 fully saturated rings. The highest BCUT2D eigenvalue weighted by Crippen LogP contribution is 2.15. The highest BCUT2D eigenvalue weighted by atomic mass is 16.7. The average molecular weight is 251 g/mol. The Balaban J connectivity index is 2.56. The highest BCUT2D eigenvalue weighted by molar-refractivity contribution is 5.64. The molecule has 0 aliphatic carbocycles. The van der Waals surface area contributed by atoms with Crippen LogP contribution in [0.4, 0.5) is 4.79 Å². The van der Waals surface area contributed by atoms with E-state index in [1.807, 2.05) is 19.1 Å². The van der Waals surface area contributed by atoms with Gasteiger partial charge in [-0.1, -0.05) is 12.1 Å². The van der Waals surface area contributed by atoms with Crippen LogP contribution in [-0.4, -0.2) is 17.8 Å². The molecule has 18 heavy (non-hydrogen) atoms. The Morgan fingerprint density at radius 1 is 1.28 bits per heavy atom. The van der Waals surface area contributed by atoms with Crippen molar-refractivity contribution in [3.63, 3.8) is 0 Å². The third kappa shape index (κ3) is 5.68. The molecule has 1 unspecified atom stereocenters. The number of carbonyl (C=O) groups is 1. The molecule has 0 radical (unpaired) electrons. The quantitative estimate of drug-likeness (QED) is 0.662. The fourth-order valence-electron chi connectivity index (χ4n) is 1.43. The molecule has 1 aromatic carbocycles. The first kappa shape index (κ1) is 14.5. The van der Waals surface area contributed by atoms with E-state index in [0.29, 0.717) is 5.75 Å². The maximum absolute atomic E-state index is 11.4. The molecule has 1 atom stereocenters. The summed E-state index contributed by atoms with van der Waals surface area (Å²) >= 11 is 0. The van der Waals surface area contributed by atoms with Crippen LogP contribution >= 0.6 is 0 Å². The molecular formula is C14H21NO3. The van der Waals surface area contributed by atoms with Crippen molar-refractivity contribution in [2.24, 2.45) is 5.73 Å². The van der Waals surface area contributed by atoms with E-state index < -0.39 is 11.8 Å². The monoisotopic (exact) mass is 251 g/mol. The molecular weight excluding hydrogens is 230 g/mol. The summed E-state index contributed by atoms with van der Waals surface area (Å²) in [6.07, 6.45) is 0.106. The smallest absolute Gasteiger partial charge is 0.428 e. The van der Waals surface area contributed by atoms with Gasteiger partial charge in [-0.05, 0) is 51.8 Å². The lowest BCUT2D eigenvalue weighted by Crippen LogP contribution is -2.26. The van der Waals surface area contributed by atoms with Gasteiger partial charge in [0, 0.05) is 6.04 Å². The first-order valence-corrected chi connectivity index (χ1v) is 6.01. The number of hydrogen-bond acceptors (Lipinski definition) is 4. The summed E-state index contributed by atoms with van der Waals surface area (Å²) < 4.78 is 10.1. The third-order valence-corrected chi connectivity index (χ3v) is 2.07. The minimum absolute atomic E-state index is 0.114. The van der Waals surface area contributed by atoms with Gasteiger partial charge in [-0.15, -0.1) is 0 Å². The summed E-state index contributed by atoms with van der Waals surface area (Å²) in [6.45, 7) is 7.32. The third-order valence-electron chi connectivity index (χ3n) is 2.07. The second-order valence-corrected chi connectivity index (χ2v) is 5.39. The number of nitrogens with two attached hydrogens (primary N) is 1. The predicted octanol–water partition coefficient (Wildman–Crippen LogP) is 2.89. The van der Waals surface area contributed by atoms with Crippen LogP contribution in [0, 0.1) is 0 Å². The molecule has 0 bridgehead atoms.